The summed E-state index contributed by atoms with van der Waals surface area (Å²) < 4.78 is 12.1. The van der Waals surface area contributed by atoms with E-state index in [1.54, 1.807) is 11.2 Å². The molecular formula is C15H19IN4O3. The van der Waals surface area contributed by atoms with E-state index in [9.17, 15) is 4.79 Å². The van der Waals surface area contributed by atoms with Crippen LogP contribution in [0.3, 0.4) is 0 Å². The minimum absolute atomic E-state index is 0.142. The first-order valence-electron chi connectivity index (χ1n) is 7.66. The maximum Gasteiger partial charge on any atom is 0.213 e. The summed E-state index contributed by atoms with van der Waals surface area (Å²) in [6.07, 6.45) is 5.04. The Morgan fingerprint density at radius 1 is 1.48 bits per heavy atom. The van der Waals surface area contributed by atoms with Gasteiger partial charge < -0.3 is 9.47 Å². The number of amidine groups is 1. The van der Waals surface area contributed by atoms with Gasteiger partial charge in [-0.3, -0.25) is 9.80 Å². The third kappa shape index (κ3) is 3.99. The van der Waals surface area contributed by atoms with E-state index < -0.39 is 0 Å². The average molecular weight is 430 g/mol. The molecule has 2 unspecified atom stereocenters. The first-order valence-corrected chi connectivity index (χ1v) is 9.19. The lowest BCUT2D eigenvalue weighted by atomic mass is 10.2. The Morgan fingerprint density at radius 2 is 2.39 bits per heavy atom. The predicted octanol–water partition coefficient (Wildman–Crippen LogP) is 1.84. The van der Waals surface area contributed by atoms with Crippen molar-refractivity contribution in [3.63, 3.8) is 0 Å². The van der Waals surface area contributed by atoms with E-state index in [4.69, 9.17) is 9.47 Å². The van der Waals surface area contributed by atoms with Gasteiger partial charge in [-0.25, -0.2) is 15.4 Å². The molecule has 2 aliphatic rings. The van der Waals surface area contributed by atoms with E-state index in [2.05, 4.69) is 38.0 Å². The zero-order chi connectivity index (χ0) is 16.1. The van der Waals surface area contributed by atoms with Gasteiger partial charge in [0.2, 0.25) is 5.88 Å². The Kier molecular flexibility index (Phi) is 5.79. The zero-order valence-electron chi connectivity index (χ0n) is 12.7. The summed E-state index contributed by atoms with van der Waals surface area (Å²) in [6, 6.07) is 3.73. The summed E-state index contributed by atoms with van der Waals surface area (Å²) in [5, 5.41) is 1.73. The fraction of sp³-hybridized carbons (Fsp3) is 0.533. The van der Waals surface area contributed by atoms with E-state index in [1.807, 2.05) is 12.1 Å². The molecule has 1 fully saturated rings. The van der Waals surface area contributed by atoms with Crippen LogP contribution < -0.4 is 10.2 Å². The van der Waals surface area contributed by atoms with Gasteiger partial charge in [0.25, 0.3) is 0 Å². The number of carbonyl (C=O) groups is 1. The molecule has 8 heteroatoms. The number of aldehydes is 1. The molecule has 3 heterocycles. The monoisotopic (exact) mass is 430 g/mol. The maximum absolute atomic E-state index is 11.3. The Labute approximate surface area is 148 Å². The van der Waals surface area contributed by atoms with Crippen molar-refractivity contribution in [2.45, 2.75) is 31.7 Å². The molecule has 3 rings (SSSR count). The molecule has 0 amide bonds. The summed E-state index contributed by atoms with van der Waals surface area (Å²) >= 11 is 2.25. The Bertz CT molecular complexity index is 560. The molecule has 0 spiro atoms. The average Bonchev–Trinajstić information content (AvgIpc) is 3.05. The molecule has 1 aromatic rings. The minimum Gasteiger partial charge on any atom is -0.477 e. The number of ether oxygens (including phenoxy) is 2. The standard InChI is InChI=1S/C15H19IN4O3/c16-6-8-22-13-5-4-11(9-17-13)15-18-12(10-21)20(19-15)14-3-1-2-7-23-14/h4-5,9-10,14-15,19H,1-3,6-8H2. The summed E-state index contributed by atoms with van der Waals surface area (Å²) in [5.41, 5.74) is 4.11. The number of carbonyl (C=O) groups excluding carboxylic acids is 1. The van der Waals surface area contributed by atoms with Crippen molar-refractivity contribution in [2.75, 3.05) is 17.6 Å². The van der Waals surface area contributed by atoms with Crippen LogP contribution in [-0.2, 0) is 9.53 Å². The van der Waals surface area contributed by atoms with E-state index >= 15 is 0 Å². The second kappa shape index (κ2) is 8.02. The van der Waals surface area contributed by atoms with Crippen LogP contribution in [0.4, 0.5) is 0 Å². The summed E-state index contributed by atoms with van der Waals surface area (Å²) in [4.78, 5) is 20.0. The van der Waals surface area contributed by atoms with Crippen molar-refractivity contribution in [3.05, 3.63) is 23.9 Å². The van der Waals surface area contributed by atoms with Gasteiger partial charge in [0.15, 0.2) is 12.1 Å². The van der Waals surface area contributed by atoms with Crippen molar-refractivity contribution in [3.8, 4) is 5.88 Å². The van der Waals surface area contributed by atoms with Crippen molar-refractivity contribution in [1.82, 2.24) is 15.4 Å². The van der Waals surface area contributed by atoms with Crippen LogP contribution in [0.25, 0.3) is 0 Å². The molecule has 7 nitrogen and oxygen atoms in total. The van der Waals surface area contributed by atoms with E-state index in [-0.39, 0.29) is 12.4 Å². The van der Waals surface area contributed by atoms with Crippen LogP contribution in [-0.4, -0.2) is 46.0 Å². The van der Waals surface area contributed by atoms with Crippen molar-refractivity contribution in [2.24, 2.45) is 4.99 Å². The number of hydrogen-bond acceptors (Lipinski definition) is 7. The number of halogens is 1. The molecule has 1 saturated heterocycles. The molecule has 2 aliphatic heterocycles. The van der Waals surface area contributed by atoms with Gasteiger partial charge in [-0.2, -0.15) is 0 Å². The van der Waals surface area contributed by atoms with Gasteiger partial charge in [0, 0.05) is 28.9 Å². The number of hydrogen-bond donors (Lipinski definition) is 1. The van der Waals surface area contributed by atoms with Gasteiger partial charge in [0.05, 0.1) is 6.61 Å². The number of nitrogens with one attached hydrogen (secondary N) is 1. The first kappa shape index (κ1) is 16.6. The molecule has 124 valence electrons. The highest BCUT2D eigenvalue weighted by Gasteiger charge is 2.32. The SMILES string of the molecule is O=CC1=NC(c2ccc(OCCI)nc2)NN1C1CCCCO1. The highest BCUT2D eigenvalue weighted by Crippen LogP contribution is 2.25. The van der Waals surface area contributed by atoms with Gasteiger partial charge in [0.1, 0.15) is 12.4 Å². The van der Waals surface area contributed by atoms with Crippen LogP contribution in [0.2, 0.25) is 0 Å². The normalized spacial score (nSPS) is 24.4. The highest BCUT2D eigenvalue weighted by molar-refractivity contribution is 14.1. The topological polar surface area (TPSA) is 76.0 Å². The fourth-order valence-electron chi connectivity index (χ4n) is 2.60. The Balaban J connectivity index is 1.68. The number of nitrogens with zero attached hydrogens (tertiary/aromatic N) is 3. The predicted molar refractivity (Wildman–Crippen MR) is 93.4 cm³/mol. The van der Waals surface area contributed by atoms with E-state index in [0.717, 1.165) is 35.5 Å². The molecule has 2 atom stereocenters. The van der Waals surface area contributed by atoms with Crippen molar-refractivity contribution < 1.29 is 14.3 Å². The summed E-state index contributed by atoms with van der Waals surface area (Å²) in [6.45, 7) is 1.35. The van der Waals surface area contributed by atoms with E-state index in [0.29, 0.717) is 24.9 Å². The van der Waals surface area contributed by atoms with Crippen LogP contribution in [0, 0.1) is 0 Å². The molecule has 0 aromatic carbocycles. The second-order valence-electron chi connectivity index (χ2n) is 5.30. The Hall–Kier alpha value is -1.26. The summed E-state index contributed by atoms with van der Waals surface area (Å²) in [5.74, 6) is 0.961. The van der Waals surface area contributed by atoms with Crippen LogP contribution >= 0.6 is 22.6 Å². The number of pyridine rings is 1. The van der Waals surface area contributed by atoms with Crippen LogP contribution in [0.5, 0.6) is 5.88 Å². The molecule has 0 bridgehead atoms. The van der Waals surface area contributed by atoms with Gasteiger partial charge >= 0.3 is 0 Å². The van der Waals surface area contributed by atoms with Gasteiger partial charge in [-0.15, -0.1) is 0 Å². The van der Waals surface area contributed by atoms with Crippen molar-refractivity contribution >= 4 is 34.7 Å². The van der Waals surface area contributed by atoms with Gasteiger partial charge in [-0.1, -0.05) is 22.6 Å². The quantitative estimate of drug-likeness (QED) is 0.422. The highest BCUT2D eigenvalue weighted by atomic mass is 127. The number of aliphatic imine (C=N–C) groups is 1. The molecule has 23 heavy (non-hydrogen) atoms. The molecule has 0 radical (unpaired) electrons. The third-order valence-corrected chi connectivity index (χ3v) is 4.16. The minimum atomic E-state index is -0.327. The second-order valence-corrected chi connectivity index (χ2v) is 6.37. The van der Waals surface area contributed by atoms with Gasteiger partial charge in [-0.05, 0) is 25.3 Å². The van der Waals surface area contributed by atoms with E-state index in [1.165, 1.54) is 0 Å². The molecule has 0 saturated carbocycles. The molecule has 1 N–H and O–H groups in total. The summed E-state index contributed by atoms with van der Waals surface area (Å²) in [7, 11) is 0. The molecule has 0 aliphatic carbocycles. The lowest BCUT2D eigenvalue weighted by molar-refractivity contribution is -0.106. The molecular weight excluding hydrogens is 411 g/mol. The number of aromatic nitrogens is 1. The third-order valence-electron chi connectivity index (χ3n) is 3.72. The Morgan fingerprint density at radius 3 is 3.04 bits per heavy atom. The lowest BCUT2D eigenvalue weighted by Crippen LogP contribution is -2.48. The largest absolute Gasteiger partial charge is 0.477 e. The van der Waals surface area contributed by atoms with Crippen molar-refractivity contribution in [1.29, 1.82) is 0 Å². The van der Waals surface area contributed by atoms with Crippen LogP contribution in [0.15, 0.2) is 23.3 Å². The number of alkyl halides is 1. The number of rotatable bonds is 6. The maximum atomic E-state index is 11.3. The number of hydrazine groups is 1. The fourth-order valence-corrected chi connectivity index (χ4v) is 2.82. The molecule has 1 aromatic heterocycles. The smallest absolute Gasteiger partial charge is 0.213 e. The van der Waals surface area contributed by atoms with Crippen LogP contribution in [0.1, 0.15) is 31.0 Å². The first-order chi connectivity index (χ1) is 11.3. The lowest BCUT2D eigenvalue weighted by Gasteiger charge is -2.32. The zero-order valence-corrected chi connectivity index (χ0v) is 14.8.